The van der Waals surface area contributed by atoms with Crippen molar-refractivity contribution >= 4 is 17.4 Å². The average Bonchev–Trinajstić information content (AvgIpc) is 2.38. The molecule has 0 radical (unpaired) electrons. The number of benzene rings is 1. The van der Waals surface area contributed by atoms with Crippen molar-refractivity contribution in [2.75, 3.05) is 10.6 Å². The monoisotopic (exact) mass is 275 g/mol. The van der Waals surface area contributed by atoms with Crippen LogP contribution in [-0.2, 0) is 0 Å². The first kappa shape index (κ1) is 14.7. The van der Waals surface area contributed by atoms with Crippen molar-refractivity contribution in [2.24, 2.45) is 17.6 Å². The average molecular weight is 275 g/mol. The van der Waals surface area contributed by atoms with Gasteiger partial charge in [-0.25, -0.2) is 4.79 Å². The Morgan fingerprint density at radius 2 is 2.05 bits per heavy atom. The molecule has 0 spiro atoms. The molecule has 4 N–H and O–H groups in total. The standard InChI is InChI=1S/C16H25N3O/c1-11(2)12-5-3-6-13(9-12)18-14-7-4-8-15(10-14)19-16(17)20/h4,7-8,10-13,18H,3,5-6,9H2,1-2H3,(H3,17,19,20). The molecule has 1 aromatic carbocycles. The van der Waals surface area contributed by atoms with Gasteiger partial charge < -0.3 is 16.4 Å². The second kappa shape index (κ2) is 6.64. The number of anilines is 2. The van der Waals surface area contributed by atoms with E-state index in [-0.39, 0.29) is 0 Å². The Bertz CT molecular complexity index is 459. The van der Waals surface area contributed by atoms with Crippen molar-refractivity contribution in [2.45, 2.75) is 45.6 Å². The Labute approximate surface area is 121 Å². The van der Waals surface area contributed by atoms with Crippen LogP contribution in [0.3, 0.4) is 0 Å². The maximum Gasteiger partial charge on any atom is 0.316 e. The summed E-state index contributed by atoms with van der Waals surface area (Å²) in [6.45, 7) is 4.62. The Morgan fingerprint density at radius 1 is 1.30 bits per heavy atom. The van der Waals surface area contributed by atoms with Crippen LogP contribution in [-0.4, -0.2) is 12.1 Å². The van der Waals surface area contributed by atoms with Crippen LogP contribution in [0.5, 0.6) is 0 Å². The lowest BCUT2D eigenvalue weighted by molar-refractivity contribution is 0.259. The molecule has 0 heterocycles. The highest BCUT2D eigenvalue weighted by Crippen LogP contribution is 2.31. The molecule has 1 aliphatic carbocycles. The van der Waals surface area contributed by atoms with E-state index in [1.807, 2.05) is 24.3 Å². The van der Waals surface area contributed by atoms with E-state index in [0.29, 0.717) is 6.04 Å². The summed E-state index contributed by atoms with van der Waals surface area (Å²) in [5, 5.41) is 6.20. The topological polar surface area (TPSA) is 67.2 Å². The molecule has 2 atom stereocenters. The second-order valence-corrected chi connectivity index (χ2v) is 6.08. The predicted molar refractivity (Wildman–Crippen MR) is 83.9 cm³/mol. The molecular weight excluding hydrogens is 250 g/mol. The minimum absolute atomic E-state index is 0.528. The van der Waals surface area contributed by atoms with Gasteiger partial charge in [0.2, 0.25) is 0 Å². The number of carbonyl (C=O) groups is 1. The molecule has 0 saturated heterocycles. The van der Waals surface area contributed by atoms with E-state index in [9.17, 15) is 4.79 Å². The smallest absolute Gasteiger partial charge is 0.316 e. The fraction of sp³-hybridized carbons (Fsp3) is 0.562. The minimum atomic E-state index is -0.528. The van der Waals surface area contributed by atoms with Crippen LogP contribution in [0, 0.1) is 11.8 Å². The van der Waals surface area contributed by atoms with E-state index in [1.54, 1.807) is 0 Å². The van der Waals surface area contributed by atoms with Crippen molar-refractivity contribution in [1.29, 1.82) is 0 Å². The minimum Gasteiger partial charge on any atom is -0.382 e. The summed E-state index contributed by atoms with van der Waals surface area (Å²) < 4.78 is 0. The third-order valence-electron chi connectivity index (χ3n) is 4.16. The van der Waals surface area contributed by atoms with Gasteiger partial charge in [0, 0.05) is 17.4 Å². The van der Waals surface area contributed by atoms with Crippen LogP contribution >= 0.6 is 0 Å². The number of primary amides is 1. The highest BCUT2D eigenvalue weighted by Gasteiger charge is 2.23. The molecule has 4 heteroatoms. The lowest BCUT2D eigenvalue weighted by atomic mass is 9.79. The highest BCUT2D eigenvalue weighted by molar-refractivity contribution is 5.88. The maximum atomic E-state index is 10.9. The predicted octanol–water partition coefficient (Wildman–Crippen LogP) is 3.80. The van der Waals surface area contributed by atoms with E-state index in [2.05, 4.69) is 24.5 Å². The van der Waals surface area contributed by atoms with Gasteiger partial charge in [-0.3, -0.25) is 0 Å². The zero-order chi connectivity index (χ0) is 14.5. The van der Waals surface area contributed by atoms with Gasteiger partial charge in [-0.1, -0.05) is 32.8 Å². The molecular formula is C16H25N3O. The number of carbonyl (C=O) groups excluding carboxylic acids is 1. The van der Waals surface area contributed by atoms with Gasteiger partial charge >= 0.3 is 6.03 Å². The highest BCUT2D eigenvalue weighted by atomic mass is 16.2. The van der Waals surface area contributed by atoms with E-state index in [4.69, 9.17) is 5.73 Å². The fourth-order valence-electron chi connectivity index (χ4n) is 3.03. The van der Waals surface area contributed by atoms with Gasteiger partial charge in [-0.2, -0.15) is 0 Å². The molecule has 1 fully saturated rings. The van der Waals surface area contributed by atoms with Gasteiger partial charge in [-0.15, -0.1) is 0 Å². The van der Waals surface area contributed by atoms with Crippen molar-refractivity contribution in [3.05, 3.63) is 24.3 Å². The zero-order valence-corrected chi connectivity index (χ0v) is 12.4. The molecule has 0 aromatic heterocycles. The van der Waals surface area contributed by atoms with Crippen LogP contribution in [0.15, 0.2) is 24.3 Å². The van der Waals surface area contributed by atoms with Gasteiger partial charge in [0.1, 0.15) is 0 Å². The molecule has 1 aromatic rings. The zero-order valence-electron chi connectivity index (χ0n) is 12.4. The van der Waals surface area contributed by atoms with E-state index in [1.165, 1.54) is 25.7 Å². The van der Waals surface area contributed by atoms with Crippen LogP contribution in [0.25, 0.3) is 0 Å². The molecule has 4 nitrogen and oxygen atoms in total. The van der Waals surface area contributed by atoms with Crippen molar-refractivity contribution in [3.8, 4) is 0 Å². The lowest BCUT2D eigenvalue weighted by Gasteiger charge is -2.32. The number of nitrogens with two attached hydrogens (primary N) is 1. The number of rotatable bonds is 4. The number of hydrogen-bond acceptors (Lipinski definition) is 2. The van der Waals surface area contributed by atoms with Gasteiger partial charge in [-0.05, 0) is 42.9 Å². The lowest BCUT2D eigenvalue weighted by Crippen LogP contribution is -2.29. The second-order valence-electron chi connectivity index (χ2n) is 6.08. The first-order valence-corrected chi connectivity index (χ1v) is 7.47. The molecule has 0 bridgehead atoms. The summed E-state index contributed by atoms with van der Waals surface area (Å²) in [7, 11) is 0. The third-order valence-corrected chi connectivity index (χ3v) is 4.16. The normalized spacial score (nSPS) is 22.6. The molecule has 1 aliphatic rings. The molecule has 0 aliphatic heterocycles. The van der Waals surface area contributed by atoms with Crippen LogP contribution < -0.4 is 16.4 Å². The summed E-state index contributed by atoms with van der Waals surface area (Å²) in [5.41, 5.74) is 6.92. The quantitative estimate of drug-likeness (QED) is 0.782. The fourth-order valence-corrected chi connectivity index (χ4v) is 3.03. The van der Waals surface area contributed by atoms with Crippen molar-refractivity contribution in [3.63, 3.8) is 0 Å². The number of amides is 2. The number of nitrogens with one attached hydrogen (secondary N) is 2. The summed E-state index contributed by atoms with van der Waals surface area (Å²) in [6, 6.07) is 7.73. The van der Waals surface area contributed by atoms with Gasteiger partial charge in [0.15, 0.2) is 0 Å². The van der Waals surface area contributed by atoms with E-state index < -0.39 is 6.03 Å². The van der Waals surface area contributed by atoms with Crippen LogP contribution in [0.2, 0.25) is 0 Å². The molecule has 110 valence electrons. The summed E-state index contributed by atoms with van der Waals surface area (Å²) in [5.74, 6) is 1.57. The Hall–Kier alpha value is -1.71. The maximum absolute atomic E-state index is 10.9. The van der Waals surface area contributed by atoms with Gasteiger partial charge in [0.25, 0.3) is 0 Å². The Kier molecular flexibility index (Phi) is 4.88. The van der Waals surface area contributed by atoms with Crippen molar-refractivity contribution in [1.82, 2.24) is 0 Å². The Balaban J connectivity index is 1.97. The van der Waals surface area contributed by atoms with Crippen LogP contribution in [0.1, 0.15) is 39.5 Å². The molecule has 2 rings (SSSR count). The first-order chi connectivity index (χ1) is 9.54. The van der Waals surface area contributed by atoms with E-state index >= 15 is 0 Å². The summed E-state index contributed by atoms with van der Waals surface area (Å²) >= 11 is 0. The summed E-state index contributed by atoms with van der Waals surface area (Å²) in [6.07, 6.45) is 5.08. The molecule has 2 amide bonds. The molecule has 20 heavy (non-hydrogen) atoms. The first-order valence-electron chi connectivity index (χ1n) is 7.47. The van der Waals surface area contributed by atoms with Crippen LogP contribution in [0.4, 0.5) is 16.2 Å². The Morgan fingerprint density at radius 3 is 2.75 bits per heavy atom. The van der Waals surface area contributed by atoms with E-state index in [0.717, 1.165) is 23.2 Å². The van der Waals surface area contributed by atoms with Crippen molar-refractivity contribution < 1.29 is 4.79 Å². The number of hydrogen-bond donors (Lipinski definition) is 3. The SMILES string of the molecule is CC(C)C1CCCC(Nc2cccc(NC(N)=O)c2)C1. The third kappa shape index (κ3) is 4.15. The number of urea groups is 1. The summed E-state index contributed by atoms with van der Waals surface area (Å²) in [4.78, 5) is 10.9. The molecule has 1 saturated carbocycles. The molecule has 2 unspecified atom stereocenters. The largest absolute Gasteiger partial charge is 0.382 e. The van der Waals surface area contributed by atoms with Gasteiger partial charge in [0.05, 0.1) is 0 Å².